The van der Waals surface area contributed by atoms with Gasteiger partial charge in [0.2, 0.25) is 0 Å². The molecule has 2 N–H and O–H groups in total. The maximum atomic E-state index is 11.4. The molecule has 1 amide bonds. The molecule has 0 radical (unpaired) electrons. The minimum atomic E-state index is -0.582. The van der Waals surface area contributed by atoms with E-state index in [1.54, 1.807) is 25.1 Å². The predicted octanol–water partition coefficient (Wildman–Crippen LogP) is 1.83. The molecule has 0 fully saturated rings. The van der Waals surface area contributed by atoms with E-state index in [9.17, 15) is 9.90 Å². The molecule has 1 heterocycles. The van der Waals surface area contributed by atoms with Gasteiger partial charge in [-0.1, -0.05) is 22.0 Å². The average Bonchev–Trinajstić information content (AvgIpc) is 2.29. The van der Waals surface area contributed by atoms with Crippen LogP contribution in [0.5, 0.6) is 5.75 Å². The van der Waals surface area contributed by atoms with Crippen LogP contribution in [-0.2, 0) is 4.79 Å². The number of fused-ring (bicyclic) bond motifs is 1. The number of carbonyl (C=O) groups excluding carboxylic acids is 1. The molecule has 0 spiro atoms. The molecule has 86 valence electrons. The second-order valence-corrected chi connectivity index (χ2v) is 4.32. The van der Waals surface area contributed by atoms with Crippen LogP contribution in [0.4, 0.5) is 5.69 Å². The third-order valence-electron chi connectivity index (χ3n) is 2.47. The van der Waals surface area contributed by atoms with E-state index >= 15 is 0 Å². The number of hydrogen-bond donors (Lipinski definition) is 2. The predicted molar refractivity (Wildman–Crippen MR) is 63.9 cm³/mol. The van der Waals surface area contributed by atoms with Gasteiger partial charge in [-0.25, -0.2) is 0 Å². The average molecular weight is 286 g/mol. The molecule has 2 rings (SSSR count). The lowest BCUT2D eigenvalue weighted by atomic mass is 10.1. The summed E-state index contributed by atoms with van der Waals surface area (Å²) < 4.78 is 5.41. The lowest BCUT2D eigenvalue weighted by Gasteiger charge is -2.24. The number of ether oxygens (including phenoxy) is 1. The van der Waals surface area contributed by atoms with Gasteiger partial charge in [0.25, 0.3) is 5.91 Å². The maximum absolute atomic E-state index is 11.4. The number of nitrogens with one attached hydrogen (secondary N) is 1. The Balaban J connectivity index is 2.32. The number of alkyl halides is 1. The van der Waals surface area contributed by atoms with E-state index in [2.05, 4.69) is 21.2 Å². The fourth-order valence-corrected chi connectivity index (χ4v) is 1.90. The molecular weight excluding hydrogens is 274 g/mol. The summed E-state index contributed by atoms with van der Waals surface area (Å²) in [6.45, 7) is 1.69. The van der Waals surface area contributed by atoms with Crippen LogP contribution in [0.25, 0.3) is 0 Å². The fourth-order valence-electron chi connectivity index (χ4n) is 1.52. The summed E-state index contributed by atoms with van der Waals surface area (Å²) in [6, 6.07) is 5.27. The summed E-state index contributed by atoms with van der Waals surface area (Å²) >= 11 is 3.20. The number of anilines is 1. The topological polar surface area (TPSA) is 58.6 Å². The van der Waals surface area contributed by atoms with Crippen LogP contribution in [0.2, 0.25) is 0 Å². The van der Waals surface area contributed by atoms with E-state index in [1.807, 2.05) is 0 Å². The molecule has 2 unspecified atom stereocenters. The van der Waals surface area contributed by atoms with Crippen molar-refractivity contribution >= 4 is 27.5 Å². The number of benzene rings is 1. The zero-order chi connectivity index (χ0) is 11.7. The number of rotatable bonds is 2. The molecule has 16 heavy (non-hydrogen) atoms. The number of hydrogen-bond acceptors (Lipinski definition) is 3. The fraction of sp³-hybridized carbons (Fsp3) is 0.364. The highest BCUT2D eigenvalue weighted by Crippen LogP contribution is 2.32. The Morgan fingerprint density at radius 2 is 2.38 bits per heavy atom. The van der Waals surface area contributed by atoms with Gasteiger partial charge in [0.05, 0.1) is 11.8 Å². The van der Waals surface area contributed by atoms with Crippen LogP contribution in [0, 0.1) is 0 Å². The van der Waals surface area contributed by atoms with E-state index < -0.39 is 12.2 Å². The van der Waals surface area contributed by atoms with Crippen LogP contribution in [0.1, 0.15) is 18.6 Å². The molecule has 4 nitrogen and oxygen atoms in total. The summed E-state index contributed by atoms with van der Waals surface area (Å²) in [5.74, 6) is 0.468. The summed E-state index contributed by atoms with van der Waals surface area (Å²) in [7, 11) is 0. The molecule has 0 saturated carbocycles. The molecule has 0 aromatic heterocycles. The largest absolute Gasteiger partial charge is 0.479 e. The molecule has 1 aliphatic rings. The van der Waals surface area contributed by atoms with Gasteiger partial charge in [0.1, 0.15) is 5.75 Å². The number of aliphatic hydroxyl groups excluding tert-OH is 1. The molecule has 1 aromatic carbocycles. The molecule has 0 saturated heterocycles. The van der Waals surface area contributed by atoms with Gasteiger partial charge in [0.15, 0.2) is 6.10 Å². The highest BCUT2D eigenvalue weighted by atomic mass is 79.9. The van der Waals surface area contributed by atoms with Gasteiger partial charge in [-0.2, -0.15) is 0 Å². The van der Waals surface area contributed by atoms with Gasteiger partial charge >= 0.3 is 0 Å². The summed E-state index contributed by atoms with van der Waals surface area (Å²) in [5, 5.41) is 12.8. The molecule has 1 aliphatic heterocycles. The molecule has 0 aliphatic carbocycles. The lowest BCUT2D eigenvalue weighted by molar-refractivity contribution is -0.122. The number of carbonyl (C=O) groups is 1. The van der Waals surface area contributed by atoms with Gasteiger partial charge < -0.3 is 15.2 Å². The maximum Gasteiger partial charge on any atom is 0.265 e. The van der Waals surface area contributed by atoms with Gasteiger partial charge in [-0.3, -0.25) is 4.79 Å². The van der Waals surface area contributed by atoms with Crippen LogP contribution < -0.4 is 10.1 Å². The first-order chi connectivity index (χ1) is 7.61. The molecular formula is C11H12BrNO3. The van der Waals surface area contributed by atoms with Crippen molar-refractivity contribution in [2.24, 2.45) is 0 Å². The SMILES string of the molecule is CC1Oc2ccc(C(O)CBr)cc2NC1=O. The third kappa shape index (κ3) is 2.05. The van der Waals surface area contributed by atoms with Crippen molar-refractivity contribution in [1.82, 2.24) is 0 Å². The van der Waals surface area contributed by atoms with Crippen LogP contribution in [0.3, 0.4) is 0 Å². The highest BCUT2D eigenvalue weighted by molar-refractivity contribution is 9.09. The van der Waals surface area contributed by atoms with Gasteiger partial charge in [-0.15, -0.1) is 0 Å². The first-order valence-electron chi connectivity index (χ1n) is 4.97. The zero-order valence-electron chi connectivity index (χ0n) is 8.74. The number of aliphatic hydroxyl groups is 1. The van der Waals surface area contributed by atoms with E-state index in [0.717, 1.165) is 5.56 Å². The standard InChI is InChI=1S/C11H12BrNO3/c1-6-11(15)13-8-4-7(9(14)5-12)2-3-10(8)16-6/h2-4,6,9,14H,5H2,1H3,(H,13,15). The zero-order valence-corrected chi connectivity index (χ0v) is 10.3. The first-order valence-corrected chi connectivity index (χ1v) is 6.09. The van der Waals surface area contributed by atoms with Crippen LogP contribution in [-0.4, -0.2) is 22.4 Å². The monoisotopic (exact) mass is 285 g/mol. The Labute approximate surface area is 102 Å². The van der Waals surface area contributed by atoms with Gasteiger partial charge in [0, 0.05) is 5.33 Å². The van der Waals surface area contributed by atoms with Crippen molar-refractivity contribution in [3.05, 3.63) is 23.8 Å². The quantitative estimate of drug-likeness (QED) is 0.815. The lowest BCUT2D eigenvalue weighted by Crippen LogP contribution is -2.34. The van der Waals surface area contributed by atoms with Crippen LogP contribution >= 0.6 is 15.9 Å². The van der Waals surface area contributed by atoms with Crippen molar-refractivity contribution in [2.45, 2.75) is 19.1 Å². The molecule has 1 aromatic rings. The van der Waals surface area contributed by atoms with E-state index in [0.29, 0.717) is 16.8 Å². The Bertz CT molecular complexity index is 422. The Morgan fingerprint density at radius 3 is 3.06 bits per heavy atom. The van der Waals surface area contributed by atoms with E-state index in [-0.39, 0.29) is 5.91 Å². The van der Waals surface area contributed by atoms with Crippen LogP contribution in [0.15, 0.2) is 18.2 Å². The third-order valence-corrected chi connectivity index (χ3v) is 3.08. The van der Waals surface area contributed by atoms with Crippen molar-refractivity contribution in [1.29, 1.82) is 0 Å². The van der Waals surface area contributed by atoms with Gasteiger partial charge in [-0.05, 0) is 24.6 Å². The van der Waals surface area contributed by atoms with E-state index in [1.165, 1.54) is 0 Å². The minimum Gasteiger partial charge on any atom is -0.479 e. The Hall–Kier alpha value is -1.07. The molecule has 0 bridgehead atoms. The smallest absolute Gasteiger partial charge is 0.265 e. The van der Waals surface area contributed by atoms with Crippen molar-refractivity contribution in [3.8, 4) is 5.75 Å². The second-order valence-electron chi connectivity index (χ2n) is 3.68. The summed E-state index contributed by atoms with van der Waals surface area (Å²) in [6.07, 6.45) is -1.05. The highest BCUT2D eigenvalue weighted by Gasteiger charge is 2.24. The Kier molecular flexibility index (Phi) is 3.16. The summed E-state index contributed by atoms with van der Waals surface area (Å²) in [5.41, 5.74) is 1.36. The van der Waals surface area contributed by atoms with Crippen molar-refractivity contribution in [3.63, 3.8) is 0 Å². The van der Waals surface area contributed by atoms with Crippen molar-refractivity contribution in [2.75, 3.05) is 10.6 Å². The Morgan fingerprint density at radius 1 is 1.62 bits per heavy atom. The second kappa shape index (κ2) is 4.43. The first kappa shape index (κ1) is 11.4. The van der Waals surface area contributed by atoms with E-state index in [4.69, 9.17) is 4.74 Å². The summed E-state index contributed by atoms with van der Waals surface area (Å²) in [4.78, 5) is 11.4. The minimum absolute atomic E-state index is 0.169. The normalized spacial score (nSPS) is 20.7. The number of amides is 1. The van der Waals surface area contributed by atoms with Crippen molar-refractivity contribution < 1.29 is 14.6 Å². The molecule has 2 atom stereocenters. The molecule has 5 heteroatoms. The number of halogens is 1.